The van der Waals surface area contributed by atoms with Crippen molar-refractivity contribution in [1.29, 1.82) is 0 Å². The van der Waals surface area contributed by atoms with Gasteiger partial charge in [-0.2, -0.15) is 13.2 Å². The summed E-state index contributed by atoms with van der Waals surface area (Å²) >= 11 is 0. The summed E-state index contributed by atoms with van der Waals surface area (Å²) < 4.78 is 53.8. The van der Waals surface area contributed by atoms with E-state index in [4.69, 9.17) is 9.47 Å². The molecular weight excluding hydrogens is 413 g/mol. The fourth-order valence-electron chi connectivity index (χ4n) is 3.82. The second-order valence-corrected chi connectivity index (χ2v) is 7.99. The number of carbonyl (C=O) groups excluding carboxylic acids is 1. The Morgan fingerprint density at radius 1 is 1.29 bits per heavy atom. The fraction of sp³-hybridized carbons (Fsp3) is 0.619. The van der Waals surface area contributed by atoms with Crippen molar-refractivity contribution in [2.45, 2.75) is 71.3 Å². The lowest BCUT2D eigenvalue weighted by atomic mass is 9.87. The molecule has 0 aliphatic heterocycles. The van der Waals surface area contributed by atoms with Crippen LogP contribution in [0.3, 0.4) is 0 Å². The van der Waals surface area contributed by atoms with Crippen molar-refractivity contribution in [2.75, 3.05) is 0 Å². The van der Waals surface area contributed by atoms with Crippen molar-refractivity contribution in [2.24, 2.45) is 13.0 Å². The van der Waals surface area contributed by atoms with E-state index in [2.05, 4.69) is 15.3 Å². The van der Waals surface area contributed by atoms with Crippen LogP contribution in [0.15, 0.2) is 12.1 Å². The Kier molecular flexibility index (Phi) is 6.86. The minimum Gasteiger partial charge on any atom is -0.488 e. The normalized spacial score (nSPS) is 19.5. The highest BCUT2D eigenvalue weighted by atomic mass is 19.4. The summed E-state index contributed by atoms with van der Waals surface area (Å²) in [5, 5.41) is 7.86. The molecule has 31 heavy (non-hydrogen) atoms. The van der Waals surface area contributed by atoms with Gasteiger partial charge in [-0.05, 0) is 58.1 Å². The molecule has 3 rings (SSSR count). The number of esters is 1. The summed E-state index contributed by atoms with van der Waals surface area (Å²) in [6.45, 7) is 5.39. The summed E-state index contributed by atoms with van der Waals surface area (Å²) in [6, 6.07) is 2.73. The molecule has 170 valence electrons. The third kappa shape index (κ3) is 5.34. The van der Waals surface area contributed by atoms with Gasteiger partial charge in [0.05, 0.1) is 29.5 Å². The van der Waals surface area contributed by atoms with Gasteiger partial charge in [0.15, 0.2) is 11.4 Å². The van der Waals surface area contributed by atoms with Crippen LogP contribution in [-0.2, 0) is 29.2 Å². The van der Waals surface area contributed by atoms with Gasteiger partial charge in [0, 0.05) is 7.05 Å². The zero-order valence-corrected chi connectivity index (χ0v) is 18.1. The van der Waals surface area contributed by atoms with E-state index < -0.39 is 18.0 Å². The maximum absolute atomic E-state index is 13.8. The average Bonchev–Trinajstić information content (AvgIpc) is 3.07. The molecule has 2 aromatic heterocycles. The van der Waals surface area contributed by atoms with Gasteiger partial charge in [-0.1, -0.05) is 12.1 Å². The topological polar surface area (TPSA) is 79.1 Å². The molecule has 0 N–H and O–H groups in total. The lowest BCUT2D eigenvalue weighted by Crippen LogP contribution is -2.32. The van der Waals surface area contributed by atoms with Crippen molar-refractivity contribution < 1.29 is 27.4 Å². The largest absolute Gasteiger partial charge is 0.488 e. The standard InChI is InChI=1S/C21H27F3N4O3/c1-5-16-18(26-27-28(16)4)15-9-10-17(19(25-15)21(22,23)24)31-14-8-6-7-13(11-14)20(29)30-12(2)3/h9-10,12-14H,5-8,11H2,1-4H3/t13-,14-/m0/s1. The predicted molar refractivity (Wildman–Crippen MR) is 106 cm³/mol. The first-order chi connectivity index (χ1) is 14.6. The third-order valence-electron chi connectivity index (χ3n) is 5.25. The molecule has 0 unspecified atom stereocenters. The van der Waals surface area contributed by atoms with Crippen molar-refractivity contribution in [3.8, 4) is 17.1 Å². The summed E-state index contributed by atoms with van der Waals surface area (Å²) in [5.74, 6) is -1.06. The second kappa shape index (κ2) is 9.23. The maximum atomic E-state index is 13.8. The lowest BCUT2D eigenvalue weighted by molar-refractivity contribution is -0.155. The van der Waals surface area contributed by atoms with Gasteiger partial charge < -0.3 is 9.47 Å². The predicted octanol–water partition coefficient (Wildman–Crippen LogP) is 4.35. The van der Waals surface area contributed by atoms with E-state index in [9.17, 15) is 18.0 Å². The molecule has 2 aromatic rings. The average molecular weight is 440 g/mol. The van der Waals surface area contributed by atoms with E-state index >= 15 is 0 Å². The highest BCUT2D eigenvalue weighted by molar-refractivity contribution is 5.72. The monoisotopic (exact) mass is 440 g/mol. The number of halogens is 3. The van der Waals surface area contributed by atoms with E-state index in [1.165, 1.54) is 16.8 Å². The Bertz CT molecular complexity index is 927. The van der Waals surface area contributed by atoms with Crippen LogP contribution in [0.1, 0.15) is 57.8 Å². The Hall–Kier alpha value is -2.65. The molecule has 2 atom stereocenters. The first-order valence-electron chi connectivity index (χ1n) is 10.4. The zero-order valence-electron chi connectivity index (χ0n) is 18.1. The minimum absolute atomic E-state index is 0.0895. The number of hydrogen-bond donors (Lipinski definition) is 0. The highest BCUT2D eigenvalue weighted by Gasteiger charge is 2.39. The summed E-state index contributed by atoms with van der Waals surface area (Å²) in [5.41, 5.74) is -0.0134. The molecule has 1 fully saturated rings. The van der Waals surface area contributed by atoms with Gasteiger partial charge in [0.25, 0.3) is 0 Å². The molecule has 0 saturated heterocycles. The molecule has 1 saturated carbocycles. The van der Waals surface area contributed by atoms with E-state index in [0.717, 1.165) is 0 Å². The van der Waals surface area contributed by atoms with Crippen LogP contribution in [0.4, 0.5) is 13.2 Å². The summed E-state index contributed by atoms with van der Waals surface area (Å²) in [6.07, 6.45) is -2.72. The third-order valence-corrected chi connectivity index (χ3v) is 5.25. The Morgan fingerprint density at radius 2 is 2.03 bits per heavy atom. The number of ether oxygens (including phenoxy) is 2. The van der Waals surface area contributed by atoms with Crippen LogP contribution in [0.2, 0.25) is 0 Å². The van der Waals surface area contributed by atoms with Crippen LogP contribution in [-0.4, -0.2) is 38.2 Å². The maximum Gasteiger partial charge on any atom is 0.437 e. The van der Waals surface area contributed by atoms with Crippen LogP contribution in [0.5, 0.6) is 5.75 Å². The Morgan fingerprint density at radius 3 is 2.68 bits per heavy atom. The van der Waals surface area contributed by atoms with Crippen LogP contribution in [0, 0.1) is 5.92 Å². The smallest absolute Gasteiger partial charge is 0.437 e. The molecule has 2 heterocycles. The molecule has 1 aliphatic rings. The Balaban J connectivity index is 1.85. The van der Waals surface area contributed by atoms with E-state index in [1.807, 2.05) is 6.92 Å². The summed E-state index contributed by atoms with van der Waals surface area (Å²) in [7, 11) is 1.68. The van der Waals surface area contributed by atoms with Crippen LogP contribution >= 0.6 is 0 Å². The number of rotatable bonds is 6. The number of alkyl halides is 3. The minimum atomic E-state index is -4.70. The molecule has 0 amide bonds. The Labute approximate surface area is 178 Å². The molecule has 0 radical (unpaired) electrons. The van der Waals surface area contributed by atoms with Gasteiger partial charge in [0.2, 0.25) is 0 Å². The van der Waals surface area contributed by atoms with Gasteiger partial charge in [-0.25, -0.2) is 4.98 Å². The molecule has 1 aliphatic carbocycles. The number of carbonyl (C=O) groups is 1. The SMILES string of the molecule is CCc1c(-c2ccc(O[C@H]3CCC[C@H](C(=O)OC(C)C)C3)c(C(F)(F)F)n2)nnn1C. The van der Waals surface area contributed by atoms with Crippen LogP contribution < -0.4 is 4.74 Å². The first kappa shape index (κ1) is 23.0. The molecule has 0 aromatic carbocycles. The summed E-state index contributed by atoms with van der Waals surface area (Å²) in [4.78, 5) is 16.0. The molecule has 7 nitrogen and oxygen atoms in total. The second-order valence-electron chi connectivity index (χ2n) is 7.99. The lowest BCUT2D eigenvalue weighted by Gasteiger charge is -2.29. The number of nitrogens with zero attached hydrogens (tertiary/aromatic N) is 4. The van der Waals surface area contributed by atoms with Gasteiger partial charge in [0.1, 0.15) is 5.69 Å². The van der Waals surface area contributed by atoms with Crippen molar-refractivity contribution >= 4 is 5.97 Å². The molecule has 10 heteroatoms. The van der Waals surface area contributed by atoms with Crippen LogP contribution in [0.25, 0.3) is 11.4 Å². The van der Waals surface area contributed by atoms with E-state index in [0.29, 0.717) is 43.5 Å². The number of pyridine rings is 1. The van der Waals surface area contributed by atoms with E-state index in [-0.39, 0.29) is 29.4 Å². The van der Waals surface area contributed by atoms with Crippen molar-refractivity contribution in [3.05, 3.63) is 23.5 Å². The molecule has 0 spiro atoms. The zero-order chi connectivity index (χ0) is 22.8. The van der Waals surface area contributed by atoms with E-state index in [1.54, 1.807) is 20.9 Å². The van der Waals surface area contributed by atoms with Gasteiger partial charge >= 0.3 is 12.1 Å². The highest BCUT2D eigenvalue weighted by Crippen LogP contribution is 2.38. The molecule has 0 bridgehead atoms. The first-order valence-corrected chi connectivity index (χ1v) is 10.4. The van der Waals surface area contributed by atoms with Crippen molar-refractivity contribution in [1.82, 2.24) is 20.0 Å². The van der Waals surface area contributed by atoms with Gasteiger partial charge in [-0.15, -0.1) is 5.10 Å². The number of aromatic nitrogens is 4. The molecular formula is C21H27F3N4O3. The van der Waals surface area contributed by atoms with Gasteiger partial charge in [-0.3, -0.25) is 9.48 Å². The van der Waals surface area contributed by atoms with Crippen molar-refractivity contribution in [3.63, 3.8) is 0 Å². The number of hydrogen-bond acceptors (Lipinski definition) is 6. The fourth-order valence-corrected chi connectivity index (χ4v) is 3.82. The number of aryl methyl sites for hydroxylation is 1. The quantitative estimate of drug-likeness (QED) is 0.622.